The Labute approximate surface area is 195 Å². The summed E-state index contributed by atoms with van der Waals surface area (Å²) in [5.41, 5.74) is 2.97. The van der Waals surface area contributed by atoms with Crippen molar-refractivity contribution in [3.8, 4) is 0 Å². The molecule has 1 saturated heterocycles. The molecule has 1 aliphatic carbocycles. The van der Waals surface area contributed by atoms with E-state index in [2.05, 4.69) is 25.8 Å². The first-order chi connectivity index (χ1) is 16.4. The van der Waals surface area contributed by atoms with E-state index in [1.54, 1.807) is 27.0 Å². The summed E-state index contributed by atoms with van der Waals surface area (Å²) in [6.45, 7) is 3.95. The van der Waals surface area contributed by atoms with E-state index in [0.717, 1.165) is 29.9 Å². The molecule has 1 aliphatic heterocycles. The van der Waals surface area contributed by atoms with Gasteiger partial charge in [0.05, 0.1) is 30.3 Å². The van der Waals surface area contributed by atoms with Crippen molar-refractivity contribution in [2.24, 2.45) is 0 Å². The summed E-state index contributed by atoms with van der Waals surface area (Å²) in [4.78, 5) is 21.2. The monoisotopic (exact) mass is 473 g/mol. The van der Waals surface area contributed by atoms with Gasteiger partial charge in [-0.1, -0.05) is 0 Å². The fourth-order valence-electron chi connectivity index (χ4n) is 3.96. The second-order valence-corrected chi connectivity index (χ2v) is 8.95. The molecule has 182 valence electrons. The van der Waals surface area contributed by atoms with Gasteiger partial charge in [0.2, 0.25) is 5.95 Å². The Morgan fingerprint density at radius 2 is 2.18 bits per heavy atom. The molecule has 0 unspecified atom stereocenters. The minimum Gasteiger partial charge on any atom is -0.441 e. The molecular weight excluding hydrogens is 445 g/mol. The van der Waals surface area contributed by atoms with Crippen molar-refractivity contribution in [3.05, 3.63) is 35.4 Å². The lowest BCUT2D eigenvalue weighted by atomic mass is 10.1. The van der Waals surface area contributed by atoms with Gasteiger partial charge in [0.25, 0.3) is 0 Å². The van der Waals surface area contributed by atoms with Crippen LogP contribution in [0.15, 0.2) is 18.3 Å². The largest absolute Gasteiger partial charge is 0.441 e. The van der Waals surface area contributed by atoms with Gasteiger partial charge >= 0.3 is 6.09 Å². The maximum atomic E-state index is 15.0. The van der Waals surface area contributed by atoms with E-state index in [4.69, 9.17) is 19.2 Å². The molecule has 12 heteroatoms. The molecule has 0 aromatic carbocycles. The van der Waals surface area contributed by atoms with Crippen molar-refractivity contribution in [2.45, 2.75) is 63.6 Å². The number of fused-ring (bicyclic) bond motifs is 1. The van der Waals surface area contributed by atoms with Crippen molar-refractivity contribution in [1.29, 1.82) is 0 Å². The predicted molar refractivity (Wildman–Crippen MR) is 120 cm³/mol. The van der Waals surface area contributed by atoms with E-state index in [0.29, 0.717) is 30.0 Å². The zero-order valence-electron chi connectivity index (χ0n) is 19.2. The topological polar surface area (TPSA) is 128 Å². The first-order valence-electron chi connectivity index (χ1n) is 11.3. The summed E-state index contributed by atoms with van der Waals surface area (Å²) < 4.78 is 32.8. The van der Waals surface area contributed by atoms with Crippen LogP contribution < -0.4 is 10.6 Å². The first kappa shape index (κ1) is 22.5. The zero-order valence-corrected chi connectivity index (χ0v) is 19.2. The number of alkyl halides is 1. The highest BCUT2D eigenvalue weighted by Gasteiger charge is 2.42. The molecular formula is C22H28FN7O4. The molecule has 2 aliphatic rings. The van der Waals surface area contributed by atoms with Gasteiger partial charge in [0.15, 0.2) is 18.1 Å². The molecule has 1 saturated carbocycles. The molecule has 4 heterocycles. The van der Waals surface area contributed by atoms with Crippen LogP contribution in [-0.4, -0.2) is 62.7 Å². The van der Waals surface area contributed by atoms with Crippen LogP contribution in [0, 0.1) is 0 Å². The maximum absolute atomic E-state index is 15.0. The fourth-order valence-corrected chi connectivity index (χ4v) is 3.96. The Hall–Kier alpha value is -3.25. The number of ether oxygens (including phenoxy) is 3. The predicted octanol–water partition coefficient (Wildman–Crippen LogP) is 3.13. The van der Waals surface area contributed by atoms with Crippen LogP contribution in [0.4, 0.5) is 21.0 Å². The Bertz CT molecular complexity index is 1180. The zero-order chi connectivity index (χ0) is 23.8. The van der Waals surface area contributed by atoms with Crippen molar-refractivity contribution in [2.75, 3.05) is 19.0 Å². The fraction of sp³-hybridized carbons (Fsp3) is 0.545. The Morgan fingerprint density at radius 1 is 1.35 bits per heavy atom. The molecule has 0 bridgehead atoms. The average Bonchev–Trinajstić information content (AvgIpc) is 3.24. The summed E-state index contributed by atoms with van der Waals surface area (Å²) in [6, 6.07) is 3.55. The summed E-state index contributed by atoms with van der Waals surface area (Å²) in [5.74, 6) is 1.45. The number of imidazole rings is 1. The lowest BCUT2D eigenvalue weighted by molar-refractivity contribution is 0.0615. The molecule has 5 rings (SSSR count). The smallest absolute Gasteiger partial charge is 0.407 e. The van der Waals surface area contributed by atoms with Gasteiger partial charge in [0, 0.05) is 37.4 Å². The lowest BCUT2D eigenvalue weighted by Gasteiger charge is -2.16. The number of halogens is 1. The molecule has 3 aromatic heterocycles. The highest BCUT2D eigenvalue weighted by molar-refractivity contribution is 5.67. The van der Waals surface area contributed by atoms with Crippen LogP contribution in [-0.2, 0) is 20.8 Å². The van der Waals surface area contributed by atoms with Crippen molar-refractivity contribution >= 4 is 23.5 Å². The number of anilines is 2. The second-order valence-electron chi connectivity index (χ2n) is 8.95. The van der Waals surface area contributed by atoms with Crippen molar-refractivity contribution in [1.82, 2.24) is 29.9 Å². The third-order valence-corrected chi connectivity index (χ3v) is 5.70. The first-order valence-corrected chi connectivity index (χ1v) is 11.3. The highest BCUT2D eigenvalue weighted by Crippen LogP contribution is 2.40. The number of carbonyl (C=O) groups is 1. The molecule has 0 spiro atoms. The van der Waals surface area contributed by atoms with Gasteiger partial charge in [-0.25, -0.2) is 19.2 Å². The number of nitrogens with one attached hydrogen (secondary N) is 3. The number of hydrogen-bond acceptors (Lipinski definition) is 8. The van der Waals surface area contributed by atoms with Crippen LogP contribution in [0.1, 0.15) is 55.8 Å². The number of nitrogens with zero attached hydrogens (tertiary/aromatic N) is 4. The number of hydrogen-bond donors (Lipinski definition) is 3. The Balaban J connectivity index is 1.32. The molecule has 1 amide bonds. The molecule has 3 aromatic rings. The van der Waals surface area contributed by atoms with Crippen molar-refractivity contribution < 1.29 is 23.4 Å². The molecule has 34 heavy (non-hydrogen) atoms. The summed E-state index contributed by atoms with van der Waals surface area (Å²) in [5, 5.41) is 12.9. The third kappa shape index (κ3) is 4.68. The number of methoxy groups -OCH3 is 1. The van der Waals surface area contributed by atoms with Gasteiger partial charge in [-0.15, -0.1) is 0 Å². The van der Waals surface area contributed by atoms with Gasteiger partial charge < -0.3 is 24.8 Å². The number of alkyl carbamates (subject to hydrolysis) is 1. The van der Waals surface area contributed by atoms with Crippen LogP contribution in [0.5, 0.6) is 0 Å². The van der Waals surface area contributed by atoms with Crippen LogP contribution in [0.25, 0.3) is 5.65 Å². The summed E-state index contributed by atoms with van der Waals surface area (Å²) in [7, 11) is 1.62. The molecule has 3 N–H and O–H groups in total. The SMILES string of the molecule is COCc1cn2c(Nc3cc([C@H]4OC[C@@H](OC(=O)NC(C)C)[C@@H]4F)[nH]n3)nc(C3CC3)cc2n1. The van der Waals surface area contributed by atoms with E-state index >= 15 is 0 Å². The number of amides is 1. The molecule has 0 radical (unpaired) electrons. The summed E-state index contributed by atoms with van der Waals surface area (Å²) >= 11 is 0. The van der Waals surface area contributed by atoms with E-state index in [1.807, 2.05) is 16.7 Å². The lowest BCUT2D eigenvalue weighted by Crippen LogP contribution is -2.36. The molecule has 2 fully saturated rings. The summed E-state index contributed by atoms with van der Waals surface area (Å²) in [6.07, 6.45) is -0.0403. The van der Waals surface area contributed by atoms with Gasteiger partial charge in [-0.2, -0.15) is 5.10 Å². The van der Waals surface area contributed by atoms with E-state index < -0.39 is 24.5 Å². The molecule has 11 nitrogen and oxygen atoms in total. The van der Waals surface area contributed by atoms with E-state index in [1.165, 1.54) is 0 Å². The Morgan fingerprint density at radius 3 is 2.91 bits per heavy atom. The number of aromatic nitrogens is 5. The van der Waals surface area contributed by atoms with Crippen molar-refractivity contribution in [3.63, 3.8) is 0 Å². The maximum Gasteiger partial charge on any atom is 0.407 e. The van der Waals surface area contributed by atoms with Crippen LogP contribution >= 0.6 is 0 Å². The quantitative estimate of drug-likeness (QED) is 0.455. The minimum absolute atomic E-state index is 0.0396. The second kappa shape index (κ2) is 9.18. The van der Waals surface area contributed by atoms with Crippen LogP contribution in [0.2, 0.25) is 0 Å². The third-order valence-electron chi connectivity index (χ3n) is 5.70. The number of rotatable bonds is 8. The molecule has 3 atom stereocenters. The van der Waals surface area contributed by atoms with Gasteiger partial charge in [0.1, 0.15) is 11.8 Å². The average molecular weight is 474 g/mol. The normalized spacial score (nSPS) is 22.4. The van der Waals surface area contributed by atoms with Gasteiger partial charge in [-0.3, -0.25) is 9.50 Å². The number of H-pyrrole nitrogens is 1. The standard InChI is InChI=1S/C22H28FN7O4/c1-11(2)24-22(31)34-16-10-33-20(19(16)23)15-6-17(29-28-15)27-21-26-14(12-4-5-12)7-18-25-13(9-32-3)8-30(18)21/h6-8,11-12,16,19-20H,4-5,9-10H2,1-3H3,(H,24,31)(H2,26,27,28,29)/t16-,19+,20-/m1/s1. The highest BCUT2D eigenvalue weighted by atomic mass is 19.1. The van der Waals surface area contributed by atoms with E-state index in [-0.39, 0.29) is 12.6 Å². The van der Waals surface area contributed by atoms with E-state index in [9.17, 15) is 9.18 Å². The van der Waals surface area contributed by atoms with Gasteiger partial charge in [-0.05, 0) is 26.7 Å². The number of aromatic amines is 1. The van der Waals surface area contributed by atoms with Crippen LogP contribution in [0.3, 0.4) is 0 Å². The number of carbonyl (C=O) groups excluding carboxylic acids is 1. The Kier molecular flexibility index (Phi) is 6.09. The minimum atomic E-state index is -1.53.